The van der Waals surface area contributed by atoms with Gasteiger partial charge >= 0.3 is 0 Å². The van der Waals surface area contributed by atoms with Crippen LogP contribution in [0.3, 0.4) is 0 Å². The highest BCUT2D eigenvalue weighted by Crippen LogP contribution is 2.23. The van der Waals surface area contributed by atoms with E-state index in [0.717, 1.165) is 0 Å². The van der Waals surface area contributed by atoms with Crippen LogP contribution in [0.5, 0.6) is 0 Å². The summed E-state index contributed by atoms with van der Waals surface area (Å²) in [7, 11) is 0. The van der Waals surface area contributed by atoms with Crippen molar-refractivity contribution in [3.63, 3.8) is 0 Å². The molecule has 0 amide bonds. The van der Waals surface area contributed by atoms with Gasteiger partial charge in [-0.25, -0.2) is 4.99 Å². The van der Waals surface area contributed by atoms with E-state index >= 15 is 0 Å². The summed E-state index contributed by atoms with van der Waals surface area (Å²) in [6.07, 6.45) is -5.90. The molecule has 0 radical (unpaired) electrons. The Labute approximate surface area is 91.9 Å². The fourth-order valence-corrected chi connectivity index (χ4v) is 1.83. The van der Waals surface area contributed by atoms with E-state index in [-0.39, 0.29) is 5.90 Å². The Morgan fingerprint density at radius 3 is 2.50 bits per heavy atom. The number of nitrogens with zero attached hydrogens (tertiary/aromatic N) is 1. The molecule has 16 heavy (non-hydrogen) atoms. The molecule has 0 aliphatic carbocycles. The van der Waals surface area contributed by atoms with E-state index in [2.05, 4.69) is 4.99 Å². The van der Waals surface area contributed by atoms with Crippen molar-refractivity contribution in [3.05, 3.63) is 0 Å². The summed E-state index contributed by atoms with van der Waals surface area (Å²) in [6.45, 7) is 0.434. The molecule has 92 valence electrons. The van der Waals surface area contributed by atoms with E-state index in [0.29, 0.717) is 13.2 Å². The maximum atomic E-state index is 9.70. The number of hydrogen-bond donors (Lipinski definition) is 4. The van der Waals surface area contributed by atoms with Crippen molar-refractivity contribution in [2.75, 3.05) is 19.8 Å². The minimum Gasteiger partial charge on any atom is -0.477 e. The second-order valence-electron chi connectivity index (χ2n) is 3.82. The maximum Gasteiger partial charge on any atom is 0.216 e. The Balaban J connectivity index is 2.13. The first-order chi connectivity index (χ1) is 7.65. The van der Waals surface area contributed by atoms with Gasteiger partial charge in [-0.05, 0) is 0 Å². The molecule has 2 rings (SSSR count). The second kappa shape index (κ2) is 4.64. The first kappa shape index (κ1) is 11.7. The van der Waals surface area contributed by atoms with E-state index < -0.39 is 37.1 Å². The highest BCUT2D eigenvalue weighted by atomic mass is 16.6. The SMILES string of the molecule is OC[C@H]1O[C@@H](C2=NCCO2)[C@H](O)[C@@H](O)[C@@H]1O. The van der Waals surface area contributed by atoms with Crippen LogP contribution in [0, 0.1) is 0 Å². The van der Waals surface area contributed by atoms with Gasteiger partial charge in [-0.3, -0.25) is 0 Å². The molecule has 7 nitrogen and oxygen atoms in total. The Hall–Kier alpha value is -0.730. The molecule has 0 aromatic heterocycles. The van der Waals surface area contributed by atoms with Crippen LogP contribution in [0.25, 0.3) is 0 Å². The molecule has 7 heteroatoms. The smallest absolute Gasteiger partial charge is 0.216 e. The molecule has 0 saturated carbocycles. The summed E-state index contributed by atoms with van der Waals surface area (Å²) in [4.78, 5) is 3.97. The molecule has 1 fully saturated rings. The van der Waals surface area contributed by atoms with Gasteiger partial charge in [0, 0.05) is 0 Å². The predicted molar refractivity (Wildman–Crippen MR) is 52.0 cm³/mol. The normalized spacial score (nSPS) is 44.0. The van der Waals surface area contributed by atoms with Crippen LogP contribution in [0.1, 0.15) is 0 Å². The zero-order valence-electron chi connectivity index (χ0n) is 8.56. The maximum absolute atomic E-state index is 9.70. The van der Waals surface area contributed by atoms with Crippen LogP contribution in [0.15, 0.2) is 4.99 Å². The highest BCUT2D eigenvalue weighted by Gasteiger charge is 2.46. The van der Waals surface area contributed by atoms with Crippen molar-refractivity contribution in [1.82, 2.24) is 0 Å². The average molecular weight is 233 g/mol. The van der Waals surface area contributed by atoms with Crippen LogP contribution in [-0.2, 0) is 9.47 Å². The van der Waals surface area contributed by atoms with Gasteiger partial charge in [0.25, 0.3) is 0 Å². The third-order valence-corrected chi connectivity index (χ3v) is 2.74. The van der Waals surface area contributed by atoms with Gasteiger partial charge in [0.05, 0.1) is 13.2 Å². The number of aliphatic hydroxyl groups is 4. The van der Waals surface area contributed by atoms with Crippen molar-refractivity contribution in [3.8, 4) is 0 Å². The number of aliphatic hydroxyl groups excluding tert-OH is 4. The van der Waals surface area contributed by atoms with Crippen LogP contribution < -0.4 is 0 Å². The molecule has 0 bridgehead atoms. The van der Waals surface area contributed by atoms with Gasteiger partial charge in [0.15, 0.2) is 6.10 Å². The summed E-state index contributed by atoms with van der Waals surface area (Å²) >= 11 is 0. The molecule has 2 heterocycles. The van der Waals surface area contributed by atoms with Gasteiger partial charge in [-0.15, -0.1) is 0 Å². The van der Waals surface area contributed by atoms with Crippen LogP contribution >= 0.6 is 0 Å². The van der Waals surface area contributed by atoms with E-state index in [9.17, 15) is 15.3 Å². The lowest BCUT2D eigenvalue weighted by atomic mass is 9.95. The summed E-state index contributed by atoms with van der Waals surface area (Å²) in [5, 5.41) is 37.7. The molecular formula is C9H15NO6. The summed E-state index contributed by atoms with van der Waals surface area (Å²) < 4.78 is 10.4. The predicted octanol–water partition coefficient (Wildman–Crippen LogP) is -2.74. The van der Waals surface area contributed by atoms with E-state index in [1.54, 1.807) is 0 Å². The van der Waals surface area contributed by atoms with Gasteiger partial charge in [-0.2, -0.15) is 0 Å². The minimum absolute atomic E-state index is 0.205. The standard InChI is InChI=1S/C9H15NO6/c11-3-4-5(12)6(13)7(14)8(16-4)9-10-1-2-15-9/h4-8,11-14H,1-3H2/t4-,5-,6+,7-,8-/m1/s1. The number of ether oxygens (including phenoxy) is 2. The van der Waals surface area contributed by atoms with Crippen molar-refractivity contribution in [1.29, 1.82) is 0 Å². The van der Waals surface area contributed by atoms with E-state index in [1.165, 1.54) is 0 Å². The number of aliphatic imine (C=N–C) groups is 1. The molecule has 2 aliphatic rings. The molecule has 5 atom stereocenters. The van der Waals surface area contributed by atoms with Crippen molar-refractivity contribution in [2.24, 2.45) is 4.99 Å². The first-order valence-electron chi connectivity index (χ1n) is 5.13. The van der Waals surface area contributed by atoms with E-state index in [1.807, 2.05) is 0 Å². The first-order valence-corrected chi connectivity index (χ1v) is 5.13. The Morgan fingerprint density at radius 2 is 1.94 bits per heavy atom. The lowest BCUT2D eigenvalue weighted by Gasteiger charge is -2.39. The highest BCUT2D eigenvalue weighted by molar-refractivity contribution is 5.82. The Kier molecular flexibility index (Phi) is 3.41. The van der Waals surface area contributed by atoms with Gasteiger partial charge in [0.1, 0.15) is 31.0 Å². The number of rotatable bonds is 2. The van der Waals surface area contributed by atoms with Gasteiger partial charge < -0.3 is 29.9 Å². The zero-order valence-corrected chi connectivity index (χ0v) is 8.56. The summed E-state index contributed by atoms with van der Waals surface area (Å²) in [5.41, 5.74) is 0. The molecule has 2 aliphatic heterocycles. The third-order valence-electron chi connectivity index (χ3n) is 2.74. The van der Waals surface area contributed by atoms with Crippen LogP contribution in [0.2, 0.25) is 0 Å². The Morgan fingerprint density at radius 1 is 1.19 bits per heavy atom. The molecule has 0 aromatic rings. The van der Waals surface area contributed by atoms with Crippen molar-refractivity contribution in [2.45, 2.75) is 30.5 Å². The summed E-state index contributed by atoms with van der Waals surface area (Å²) in [6, 6.07) is 0. The number of hydrogen-bond acceptors (Lipinski definition) is 7. The van der Waals surface area contributed by atoms with Gasteiger partial charge in [-0.1, -0.05) is 0 Å². The van der Waals surface area contributed by atoms with Crippen molar-refractivity contribution >= 4 is 5.90 Å². The average Bonchev–Trinajstić information content (AvgIpc) is 2.80. The molecule has 4 N–H and O–H groups in total. The fraction of sp³-hybridized carbons (Fsp3) is 0.889. The topological polar surface area (TPSA) is 112 Å². The van der Waals surface area contributed by atoms with Crippen LogP contribution in [0.4, 0.5) is 0 Å². The second-order valence-corrected chi connectivity index (χ2v) is 3.82. The minimum atomic E-state index is -1.39. The fourth-order valence-electron chi connectivity index (χ4n) is 1.83. The monoisotopic (exact) mass is 233 g/mol. The lowest BCUT2D eigenvalue weighted by Crippen LogP contribution is -2.60. The molecular weight excluding hydrogens is 218 g/mol. The largest absolute Gasteiger partial charge is 0.477 e. The zero-order chi connectivity index (χ0) is 11.7. The molecule has 0 aromatic carbocycles. The van der Waals surface area contributed by atoms with Crippen molar-refractivity contribution < 1.29 is 29.9 Å². The molecule has 0 spiro atoms. The van der Waals surface area contributed by atoms with Gasteiger partial charge in [0.2, 0.25) is 5.90 Å². The van der Waals surface area contributed by atoms with E-state index in [4.69, 9.17) is 14.6 Å². The molecule has 1 saturated heterocycles. The van der Waals surface area contributed by atoms with Crippen LogP contribution in [-0.4, -0.2) is 76.6 Å². The summed E-state index contributed by atoms with van der Waals surface area (Å²) in [5.74, 6) is 0.205. The quantitative estimate of drug-likeness (QED) is 0.411. The third kappa shape index (κ3) is 1.92. The molecule has 0 unspecified atom stereocenters. The lowest BCUT2D eigenvalue weighted by molar-refractivity contribution is -0.214. The Bertz CT molecular complexity index is 281.